The van der Waals surface area contributed by atoms with Crippen LogP contribution in [0, 0.1) is 0 Å². The summed E-state index contributed by atoms with van der Waals surface area (Å²) in [5.41, 5.74) is 1.11. The van der Waals surface area contributed by atoms with Crippen molar-refractivity contribution >= 4 is 5.97 Å². The third-order valence-electron chi connectivity index (χ3n) is 3.71. The molecule has 1 aromatic carbocycles. The normalized spacial score (nSPS) is 16.0. The molecule has 1 aromatic rings. The molecule has 1 aliphatic rings. The van der Waals surface area contributed by atoms with Gasteiger partial charge in [0.2, 0.25) is 0 Å². The van der Waals surface area contributed by atoms with Crippen LogP contribution in [-0.2, 0) is 5.41 Å². The van der Waals surface area contributed by atoms with Gasteiger partial charge in [-0.2, -0.15) is 0 Å². The molecule has 19 heavy (non-hydrogen) atoms. The third-order valence-corrected chi connectivity index (χ3v) is 3.71. The number of hydrogen-bond donors (Lipinski definition) is 1. The van der Waals surface area contributed by atoms with Crippen LogP contribution >= 0.6 is 0 Å². The minimum absolute atomic E-state index is 0.136. The van der Waals surface area contributed by atoms with Crippen LogP contribution in [0.3, 0.4) is 0 Å². The Morgan fingerprint density at radius 1 is 1.37 bits per heavy atom. The molecule has 0 unspecified atom stereocenters. The quantitative estimate of drug-likeness (QED) is 0.821. The number of rotatable bonds is 5. The van der Waals surface area contributed by atoms with Gasteiger partial charge < -0.3 is 9.84 Å². The first-order valence-electron chi connectivity index (χ1n) is 6.35. The van der Waals surface area contributed by atoms with Gasteiger partial charge >= 0.3 is 5.97 Å². The van der Waals surface area contributed by atoms with E-state index in [1.54, 1.807) is 18.2 Å². The predicted molar refractivity (Wildman–Crippen MR) is 74.8 cm³/mol. The summed E-state index contributed by atoms with van der Waals surface area (Å²) in [4.78, 5) is 11.1. The molecule has 0 amide bonds. The molecule has 1 heterocycles. The Hall–Kier alpha value is -2.03. The van der Waals surface area contributed by atoms with Crippen LogP contribution in [0.25, 0.3) is 0 Å². The molecule has 0 aromatic heterocycles. The molecule has 0 aliphatic carbocycles. The maximum Gasteiger partial charge on any atom is 0.335 e. The standard InChI is InChI=1S/C16H18O3/c1-3-7-16(8-4-2)9-10-19-14-6-5-12(15(17)18)11-13(14)16/h3-6,11H,1-2,7-10H2,(H,17,18). The summed E-state index contributed by atoms with van der Waals surface area (Å²) in [7, 11) is 0. The molecule has 0 radical (unpaired) electrons. The van der Waals surface area contributed by atoms with Gasteiger partial charge in [-0.15, -0.1) is 13.2 Å². The highest BCUT2D eigenvalue weighted by molar-refractivity contribution is 5.88. The van der Waals surface area contributed by atoms with Gasteiger partial charge in [-0.25, -0.2) is 4.79 Å². The van der Waals surface area contributed by atoms with Gasteiger partial charge in [0.05, 0.1) is 12.2 Å². The van der Waals surface area contributed by atoms with Crippen LogP contribution < -0.4 is 4.74 Å². The Bertz CT molecular complexity index is 507. The Balaban J connectivity index is 2.56. The zero-order chi connectivity index (χ0) is 13.9. The van der Waals surface area contributed by atoms with Crippen molar-refractivity contribution in [1.82, 2.24) is 0 Å². The van der Waals surface area contributed by atoms with E-state index < -0.39 is 5.97 Å². The largest absolute Gasteiger partial charge is 0.493 e. The lowest BCUT2D eigenvalue weighted by Crippen LogP contribution is -2.32. The summed E-state index contributed by atoms with van der Waals surface area (Å²) in [6, 6.07) is 5.06. The fraction of sp³-hybridized carbons (Fsp3) is 0.312. The predicted octanol–water partition coefficient (Wildman–Crippen LogP) is 3.56. The number of carbonyl (C=O) groups is 1. The van der Waals surface area contributed by atoms with Crippen molar-refractivity contribution in [2.24, 2.45) is 0 Å². The second-order valence-electron chi connectivity index (χ2n) is 4.88. The Kier molecular flexibility index (Phi) is 3.74. The molecule has 3 nitrogen and oxygen atoms in total. The molecular weight excluding hydrogens is 240 g/mol. The van der Waals surface area contributed by atoms with Gasteiger partial charge in [0, 0.05) is 11.0 Å². The number of hydrogen-bond acceptors (Lipinski definition) is 2. The molecule has 2 rings (SSSR count). The second-order valence-corrected chi connectivity index (χ2v) is 4.88. The highest BCUT2D eigenvalue weighted by Gasteiger charge is 2.36. The molecule has 1 aliphatic heterocycles. The van der Waals surface area contributed by atoms with Crippen molar-refractivity contribution in [3.63, 3.8) is 0 Å². The van der Waals surface area contributed by atoms with E-state index in [0.29, 0.717) is 12.2 Å². The Labute approximate surface area is 113 Å². The summed E-state index contributed by atoms with van der Waals surface area (Å²) in [6.07, 6.45) is 6.19. The van der Waals surface area contributed by atoms with E-state index in [9.17, 15) is 4.79 Å². The van der Waals surface area contributed by atoms with E-state index in [0.717, 1.165) is 30.6 Å². The van der Waals surface area contributed by atoms with E-state index in [1.807, 2.05) is 12.2 Å². The number of carboxylic acid groups (broad SMARTS) is 1. The van der Waals surface area contributed by atoms with Crippen LogP contribution in [0.1, 0.15) is 35.2 Å². The van der Waals surface area contributed by atoms with Crippen molar-refractivity contribution in [1.29, 1.82) is 0 Å². The lowest BCUT2D eigenvalue weighted by atomic mass is 9.71. The molecule has 100 valence electrons. The van der Waals surface area contributed by atoms with Crippen LogP contribution in [-0.4, -0.2) is 17.7 Å². The molecule has 0 saturated carbocycles. The highest BCUT2D eigenvalue weighted by Crippen LogP contribution is 2.44. The fourth-order valence-electron chi connectivity index (χ4n) is 2.75. The maximum atomic E-state index is 11.1. The first kappa shape index (κ1) is 13.4. The zero-order valence-corrected chi connectivity index (χ0v) is 10.9. The monoisotopic (exact) mass is 258 g/mol. The minimum atomic E-state index is -0.917. The Morgan fingerprint density at radius 2 is 2.05 bits per heavy atom. The molecule has 3 heteroatoms. The molecule has 0 saturated heterocycles. The number of fused-ring (bicyclic) bond motifs is 1. The van der Waals surface area contributed by atoms with Gasteiger partial charge in [-0.1, -0.05) is 12.2 Å². The van der Waals surface area contributed by atoms with Crippen LogP contribution in [0.2, 0.25) is 0 Å². The summed E-state index contributed by atoms with van der Waals surface area (Å²) in [5, 5.41) is 9.14. The fourth-order valence-corrected chi connectivity index (χ4v) is 2.75. The summed E-state index contributed by atoms with van der Waals surface area (Å²) in [6.45, 7) is 8.28. The zero-order valence-electron chi connectivity index (χ0n) is 10.9. The number of allylic oxidation sites excluding steroid dienone is 2. The first-order valence-corrected chi connectivity index (χ1v) is 6.35. The lowest BCUT2D eigenvalue weighted by Gasteiger charge is -2.38. The molecule has 0 atom stereocenters. The first-order chi connectivity index (χ1) is 9.13. The van der Waals surface area contributed by atoms with Crippen molar-refractivity contribution < 1.29 is 14.6 Å². The van der Waals surface area contributed by atoms with Crippen molar-refractivity contribution in [3.05, 3.63) is 54.6 Å². The van der Waals surface area contributed by atoms with Crippen LogP contribution in [0.5, 0.6) is 5.75 Å². The summed E-state index contributed by atoms with van der Waals surface area (Å²) >= 11 is 0. The van der Waals surface area contributed by atoms with Gasteiger partial charge in [0.15, 0.2) is 0 Å². The number of aromatic carboxylic acids is 1. The van der Waals surface area contributed by atoms with E-state index in [4.69, 9.17) is 9.84 Å². The van der Waals surface area contributed by atoms with Crippen LogP contribution in [0.15, 0.2) is 43.5 Å². The molecular formula is C16H18O3. The van der Waals surface area contributed by atoms with Crippen molar-refractivity contribution in [2.75, 3.05) is 6.61 Å². The SMILES string of the molecule is C=CCC1(CC=C)CCOc2ccc(C(=O)O)cc21. The van der Waals surface area contributed by atoms with Crippen LogP contribution in [0.4, 0.5) is 0 Å². The van der Waals surface area contributed by atoms with Crippen molar-refractivity contribution in [2.45, 2.75) is 24.7 Å². The van der Waals surface area contributed by atoms with E-state index in [1.165, 1.54) is 0 Å². The third kappa shape index (κ3) is 2.41. The minimum Gasteiger partial charge on any atom is -0.493 e. The number of benzene rings is 1. The van der Waals surface area contributed by atoms with E-state index >= 15 is 0 Å². The van der Waals surface area contributed by atoms with Gasteiger partial charge in [0.25, 0.3) is 0 Å². The summed E-state index contributed by atoms with van der Waals surface area (Å²) in [5.74, 6) is -0.139. The van der Waals surface area contributed by atoms with E-state index in [-0.39, 0.29) is 5.41 Å². The molecule has 1 N–H and O–H groups in total. The van der Waals surface area contributed by atoms with Gasteiger partial charge in [-0.3, -0.25) is 0 Å². The molecule has 0 spiro atoms. The average Bonchev–Trinajstić information content (AvgIpc) is 2.39. The molecule has 0 fully saturated rings. The van der Waals surface area contributed by atoms with Gasteiger partial charge in [0.1, 0.15) is 5.75 Å². The average molecular weight is 258 g/mol. The van der Waals surface area contributed by atoms with Crippen molar-refractivity contribution in [3.8, 4) is 5.75 Å². The highest BCUT2D eigenvalue weighted by atomic mass is 16.5. The number of ether oxygens (including phenoxy) is 1. The van der Waals surface area contributed by atoms with E-state index in [2.05, 4.69) is 13.2 Å². The smallest absolute Gasteiger partial charge is 0.335 e. The van der Waals surface area contributed by atoms with Gasteiger partial charge in [-0.05, 0) is 37.5 Å². The maximum absolute atomic E-state index is 11.1. The summed E-state index contributed by atoms with van der Waals surface area (Å²) < 4.78 is 5.64. The second kappa shape index (κ2) is 5.31. The topological polar surface area (TPSA) is 46.5 Å². The Morgan fingerprint density at radius 3 is 2.63 bits per heavy atom. The lowest BCUT2D eigenvalue weighted by molar-refractivity contribution is 0.0696. The number of carboxylic acids is 1. The molecule has 0 bridgehead atoms.